The SMILES string of the molecule is CN=C/C(=C(\N)OC(F)F)c1cc(OC2COC2)c2c(Nc3ccc4ncsc4c3)ncnc2c1. The monoisotopic (exact) mass is 498 g/mol. The molecule has 3 N–H and O–H groups in total. The highest BCUT2D eigenvalue weighted by molar-refractivity contribution is 7.16. The zero-order chi connectivity index (χ0) is 24.4. The molecule has 4 aromatic rings. The van der Waals surface area contributed by atoms with Gasteiger partial charge in [-0.1, -0.05) is 0 Å². The first kappa shape index (κ1) is 22.9. The van der Waals surface area contributed by atoms with Crippen LogP contribution in [0.5, 0.6) is 5.75 Å². The molecule has 0 amide bonds. The number of aromatic nitrogens is 3. The molecular weight excluding hydrogens is 478 g/mol. The number of rotatable bonds is 8. The molecule has 0 unspecified atom stereocenters. The minimum atomic E-state index is -3.08. The molecule has 180 valence electrons. The number of aliphatic imine (C=N–C) groups is 1. The van der Waals surface area contributed by atoms with Gasteiger partial charge in [-0.2, -0.15) is 8.78 Å². The molecule has 3 heterocycles. The molecule has 1 fully saturated rings. The number of thiazole rings is 1. The van der Waals surface area contributed by atoms with E-state index >= 15 is 0 Å². The smallest absolute Gasteiger partial charge is 0.388 e. The molecule has 35 heavy (non-hydrogen) atoms. The molecule has 0 atom stereocenters. The van der Waals surface area contributed by atoms with Gasteiger partial charge in [0.25, 0.3) is 0 Å². The molecule has 1 aliphatic rings. The molecule has 1 aliphatic heterocycles. The first-order valence-corrected chi connectivity index (χ1v) is 11.4. The molecular formula is C23H20F2N6O3S. The summed E-state index contributed by atoms with van der Waals surface area (Å²) in [4.78, 5) is 17.1. The largest absolute Gasteiger partial charge is 0.485 e. The summed E-state index contributed by atoms with van der Waals surface area (Å²) in [6.07, 6.45) is 2.59. The fraction of sp³-hybridized carbons (Fsp3) is 0.217. The van der Waals surface area contributed by atoms with Gasteiger partial charge < -0.3 is 25.3 Å². The maximum Gasteiger partial charge on any atom is 0.388 e. The van der Waals surface area contributed by atoms with Gasteiger partial charge in [0.2, 0.25) is 0 Å². The lowest BCUT2D eigenvalue weighted by Crippen LogP contribution is -2.38. The Kier molecular flexibility index (Phi) is 6.38. The van der Waals surface area contributed by atoms with E-state index in [0.29, 0.717) is 41.2 Å². The van der Waals surface area contributed by atoms with E-state index in [1.165, 1.54) is 30.9 Å². The van der Waals surface area contributed by atoms with Crippen LogP contribution in [0, 0.1) is 0 Å². The maximum atomic E-state index is 12.8. The van der Waals surface area contributed by atoms with Crippen LogP contribution in [0.15, 0.2) is 53.0 Å². The molecule has 9 nitrogen and oxygen atoms in total. The Labute approximate surface area is 202 Å². The molecule has 12 heteroatoms. The number of nitrogens with zero attached hydrogens (tertiary/aromatic N) is 4. The number of hydrogen-bond acceptors (Lipinski definition) is 10. The first-order chi connectivity index (χ1) is 17.0. The lowest BCUT2D eigenvalue weighted by molar-refractivity contribution is -0.0960. The first-order valence-electron chi connectivity index (χ1n) is 10.5. The van der Waals surface area contributed by atoms with Crippen LogP contribution in [0.4, 0.5) is 20.3 Å². The Bertz CT molecular complexity index is 1440. The second kappa shape index (κ2) is 9.76. The normalized spacial score (nSPS) is 15.0. The van der Waals surface area contributed by atoms with Crippen LogP contribution in [0.25, 0.3) is 26.7 Å². The fourth-order valence-corrected chi connectivity index (χ4v) is 4.31. The third-order valence-electron chi connectivity index (χ3n) is 5.25. The molecule has 0 saturated carbocycles. The lowest BCUT2D eigenvalue weighted by Gasteiger charge is -2.28. The van der Waals surface area contributed by atoms with E-state index < -0.39 is 12.5 Å². The van der Waals surface area contributed by atoms with Crippen molar-refractivity contribution in [3.8, 4) is 5.75 Å². The van der Waals surface area contributed by atoms with Crippen molar-refractivity contribution in [1.29, 1.82) is 0 Å². The van der Waals surface area contributed by atoms with Crippen LogP contribution in [0.1, 0.15) is 5.56 Å². The predicted octanol–water partition coefficient (Wildman–Crippen LogP) is 4.33. The standard InChI is InChI=1S/C23H20F2N6O3S/c1-27-7-15(21(26)34-23(24)25)12-4-17-20(18(5-12)33-14-8-32-9-14)22(29-10-28-17)31-13-2-3-16-19(6-13)35-11-30-16/h2-7,10-11,14,23H,8-9,26H2,1H3,(H,28,29,31)/b21-15-,27-7?. The summed E-state index contributed by atoms with van der Waals surface area (Å²) >= 11 is 1.54. The van der Waals surface area contributed by atoms with E-state index in [-0.39, 0.29) is 11.7 Å². The molecule has 0 bridgehead atoms. The number of benzene rings is 2. The second-order valence-corrected chi connectivity index (χ2v) is 8.46. The van der Waals surface area contributed by atoms with Crippen molar-refractivity contribution in [2.75, 3.05) is 25.6 Å². The van der Waals surface area contributed by atoms with Gasteiger partial charge in [-0.3, -0.25) is 4.99 Å². The Morgan fingerprint density at radius 3 is 2.83 bits per heavy atom. The third kappa shape index (κ3) is 4.84. The summed E-state index contributed by atoms with van der Waals surface area (Å²) in [6, 6.07) is 9.19. The lowest BCUT2D eigenvalue weighted by atomic mass is 10.0. The van der Waals surface area contributed by atoms with Gasteiger partial charge in [-0.25, -0.2) is 15.0 Å². The highest BCUT2D eigenvalue weighted by atomic mass is 32.1. The number of ether oxygens (including phenoxy) is 3. The second-order valence-electron chi connectivity index (χ2n) is 7.57. The van der Waals surface area contributed by atoms with Crippen molar-refractivity contribution < 1.29 is 23.0 Å². The number of nitrogens with one attached hydrogen (secondary N) is 1. The number of anilines is 2. The molecule has 0 aliphatic carbocycles. The average Bonchev–Trinajstić information content (AvgIpc) is 3.27. The topological polar surface area (TPSA) is 117 Å². The molecule has 2 aromatic carbocycles. The van der Waals surface area contributed by atoms with Gasteiger partial charge in [-0.15, -0.1) is 11.3 Å². The van der Waals surface area contributed by atoms with Gasteiger partial charge in [0.1, 0.15) is 24.0 Å². The Balaban J connectivity index is 1.63. The minimum Gasteiger partial charge on any atom is -0.485 e. The zero-order valence-electron chi connectivity index (χ0n) is 18.4. The molecule has 5 rings (SSSR count). The highest BCUT2D eigenvalue weighted by Crippen LogP contribution is 2.36. The molecule has 1 saturated heterocycles. The summed E-state index contributed by atoms with van der Waals surface area (Å²) in [7, 11) is 1.50. The van der Waals surface area contributed by atoms with Crippen molar-refractivity contribution in [2.24, 2.45) is 10.7 Å². The van der Waals surface area contributed by atoms with Crippen molar-refractivity contribution in [2.45, 2.75) is 12.7 Å². The Morgan fingerprint density at radius 2 is 2.09 bits per heavy atom. The molecule has 0 radical (unpaired) electrons. The van der Waals surface area contributed by atoms with Gasteiger partial charge >= 0.3 is 6.61 Å². The Morgan fingerprint density at radius 1 is 1.23 bits per heavy atom. The molecule has 2 aromatic heterocycles. The van der Waals surface area contributed by atoms with E-state index in [2.05, 4.69) is 30.0 Å². The third-order valence-corrected chi connectivity index (χ3v) is 6.04. The number of allylic oxidation sites excluding steroid dienone is 1. The average molecular weight is 499 g/mol. The fourth-order valence-electron chi connectivity index (χ4n) is 3.60. The van der Waals surface area contributed by atoms with Gasteiger partial charge in [0.15, 0.2) is 5.88 Å². The summed E-state index contributed by atoms with van der Waals surface area (Å²) in [5, 5.41) is 3.95. The van der Waals surface area contributed by atoms with E-state index in [0.717, 1.165) is 15.9 Å². The van der Waals surface area contributed by atoms with Crippen molar-refractivity contribution in [3.63, 3.8) is 0 Å². The maximum absolute atomic E-state index is 12.8. The van der Waals surface area contributed by atoms with Crippen molar-refractivity contribution >= 4 is 55.7 Å². The molecule has 0 spiro atoms. The van der Waals surface area contributed by atoms with Crippen LogP contribution in [-0.4, -0.2) is 54.1 Å². The van der Waals surface area contributed by atoms with E-state index in [4.69, 9.17) is 15.2 Å². The highest BCUT2D eigenvalue weighted by Gasteiger charge is 2.24. The van der Waals surface area contributed by atoms with Crippen LogP contribution in [-0.2, 0) is 9.47 Å². The number of halogens is 2. The van der Waals surface area contributed by atoms with Crippen LogP contribution in [0.3, 0.4) is 0 Å². The Hall–Kier alpha value is -3.90. The summed E-state index contributed by atoms with van der Waals surface area (Å²) < 4.78 is 42.6. The summed E-state index contributed by atoms with van der Waals surface area (Å²) in [5.74, 6) is 0.500. The zero-order valence-corrected chi connectivity index (χ0v) is 19.3. The van der Waals surface area contributed by atoms with E-state index in [9.17, 15) is 8.78 Å². The van der Waals surface area contributed by atoms with E-state index in [1.807, 2.05) is 18.2 Å². The number of nitrogens with two attached hydrogens (primary N) is 1. The minimum absolute atomic E-state index is 0.169. The number of alkyl halides is 2. The van der Waals surface area contributed by atoms with Crippen LogP contribution < -0.4 is 15.8 Å². The predicted molar refractivity (Wildman–Crippen MR) is 130 cm³/mol. The number of fused-ring (bicyclic) bond motifs is 2. The van der Waals surface area contributed by atoms with Crippen LogP contribution in [0.2, 0.25) is 0 Å². The number of hydrogen-bond donors (Lipinski definition) is 2. The van der Waals surface area contributed by atoms with Gasteiger partial charge in [-0.05, 0) is 35.9 Å². The van der Waals surface area contributed by atoms with Gasteiger partial charge in [0.05, 0.1) is 45.4 Å². The van der Waals surface area contributed by atoms with E-state index in [1.54, 1.807) is 17.6 Å². The van der Waals surface area contributed by atoms with Crippen LogP contribution >= 0.6 is 11.3 Å². The van der Waals surface area contributed by atoms with Crippen molar-refractivity contribution in [3.05, 3.63) is 53.6 Å². The summed E-state index contributed by atoms with van der Waals surface area (Å²) in [5.41, 5.74) is 10.5. The summed E-state index contributed by atoms with van der Waals surface area (Å²) in [6.45, 7) is -2.22. The van der Waals surface area contributed by atoms with Gasteiger partial charge in [0, 0.05) is 18.9 Å². The van der Waals surface area contributed by atoms with Crippen molar-refractivity contribution in [1.82, 2.24) is 15.0 Å². The quantitative estimate of drug-likeness (QED) is 0.272.